The molecule has 0 radical (unpaired) electrons. The fraction of sp³-hybridized carbons (Fsp3) is 0.400. The normalized spacial score (nSPS) is 12.8. The van der Waals surface area contributed by atoms with E-state index in [2.05, 4.69) is 6.07 Å². The van der Waals surface area contributed by atoms with E-state index in [0.717, 1.165) is 5.56 Å². The summed E-state index contributed by atoms with van der Waals surface area (Å²) < 4.78 is 0. The zero-order chi connectivity index (χ0) is 9.68. The highest BCUT2D eigenvalue weighted by Crippen LogP contribution is 2.26. The summed E-state index contributed by atoms with van der Waals surface area (Å²) in [6, 6.07) is 8.06. The molecule has 1 rings (SSSR count). The summed E-state index contributed by atoms with van der Waals surface area (Å²) in [7, 11) is 0. The molecule has 1 aromatic rings. The van der Waals surface area contributed by atoms with E-state index in [-0.39, 0.29) is 12.5 Å². The van der Waals surface area contributed by atoms with Crippen LogP contribution in [0, 0.1) is 0 Å². The molecule has 0 aliphatic rings. The number of hydrogen-bond donors (Lipinski definition) is 2. The lowest BCUT2D eigenvalue weighted by molar-refractivity contribution is 0.266. The second-order valence-electron chi connectivity index (χ2n) is 2.86. The number of rotatable bonds is 4. The summed E-state index contributed by atoms with van der Waals surface area (Å²) in [6.45, 7) is 0.613. The number of aliphatic hydroxyl groups excluding tert-OH is 1. The molecule has 0 bridgehead atoms. The monoisotopic (exact) mass is 197 g/mol. The highest BCUT2D eigenvalue weighted by molar-refractivity contribution is 7.98. The zero-order valence-electron chi connectivity index (χ0n) is 7.73. The molecule has 0 aromatic heterocycles. The fourth-order valence-corrected chi connectivity index (χ4v) is 1.99. The van der Waals surface area contributed by atoms with E-state index >= 15 is 0 Å². The molecule has 0 saturated heterocycles. The standard InChI is InChI=1S/C10H15NOS/c1-13-10-5-3-2-4-9(10)8(6-11)7-12/h2-5,8,12H,6-7,11H2,1H3. The van der Waals surface area contributed by atoms with E-state index in [9.17, 15) is 0 Å². The summed E-state index contributed by atoms with van der Waals surface area (Å²) in [5, 5.41) is 9.11. The molecule has 3 N–H and O–H groups in total. The van der Waals surface area contributed by atoms with Crippen molar-refractivity contribution in [3.63, 3.8) is 0 Å². The van der Waals surface area contributed by atoms with Gasteiger partial charge >= 0.3 is 0 Å². The van der Waals surface area contributed by atoms with Crippen LogP contribution in [0.3, 0.4) is 0 Å². The molecule has 3 heteroatoms. The van der Waals surface area contributed by atoms with Crippen molar-refractivity contribution in [3.8, 4) is 0 Å². The Morgan fingerprint density at radius 2 is 2.15 bits per heavy atom. The predicted molar refractivity (Wildman–Crippen MR) is 57.1 cm³/mol. The lowest BCUT2D eigenvalue weighted by atomic mass is 10.0. The number of benzene rings is 1. The molecule has 0 spiro atoms. The minimum atomic E-state index is 0.0728. The largest absolute Gasteiger partial charge is 0.396 e. The zero-order valence-corrected chi connectivity index (χ0v) is 8.55. The van der Waals surface area contributed by atoms with Gasteiger partial charge < -0.3 is 10.8 Å². The average molecular weight is 197 g/mol. The Bertz CT molecular complexity index is 261. The molecule has 72 valence electrons. The van der Waals surface area contributed by atoms with Crippen LogP contribution in [0.4, 0.5) is 0 Å². The Labute approximate surface area is 83.1 Å². The maximum atomic E-state index is 9.11. The minimum Gasteiger partial charge on any atom is -0.396 e. The fourth-order valence-electron chi connectivity index (χ4n) is 1.30. The van der Waals surface area contributed by atoms with Crippen LogP contribution in [0.2, 0.25) is 0 Å². The minimum absolute atomic E-state index is 0.0728. The Hall–Kier alpha value is -0.510. The molecular weight excluding hydrogens is 182 g/mol. The van der Waals surface area contributed by atoms with Gasteiger partial charge in [0.2, 0.25) is 0 Å². The summed E-state index contributed by atoms with van der Waals surface area (Å²) in [6.07, 6.45) is 2.03. The quantitative estimate of drug-likeness (QED) is 0.718. The maximum absolute atomic E-state index is 9.11. The van der Waals surface area contributed by atoms with Crippen molar-refractivity contribution in [2.24, 2.45) is 5.73 Å². The van der Waals surface area contributed by atoms with Gasteiger partial charge in [-0.25, -0.2) is 0 Å². The van der Waals surface area contributed by atoms with Gasteiger partial charge in [-0.2, -0.15) is 0 Å². The van der Waals surface area contributed by atoms with Crippen LogP contribution in [-0.4, -0.2) is 24.5 Å². The first-order valence-electron chi connectivity index (χ1n) is 4.27. The van der Waals surface area contributed by atoms with Gasteiger partial charge in [-0.15, -0.1) is 11.8 Å². The molecule has 0 heterocycles. The van der Waals surface area contributed by atoms with E-state index < -0.39 is 0 Å². The molecule has 1 atom stereocenters. The third-order valence-electron chi connectivity index (χ3n) is 2.08. The van der Waals surface area contributed by atoms with Crippen molar-refractivity contribution in [1.82, 2.24) is 0 Å². The van der Waals surface area contributed by atoms with E-state index in [1.54, 1.807) is 11.8 Å². The molecule has 0 fully saturated rings. The van der Waals surface area contributed by atoms with Crippen LogP contribution >= 0.6 is 11.8 Å². The van der Waals surface area contributed by atoms with Crippen molar-refractivity contribution < 1.29 is 5.11 Å². The van der Waals surface area contributed by atoms with Crippen molar-refractivity contribution in [3.05, 3.63) is 29.8 Å². The van der Waals surface area contributed by atoms with Crippen LogP contribution in [0.15, 0.2) is 29.2 Å². The summed E-state index contributed by atoms with van der Waals surface area (Å²) in [5.41, 5.74) is 6.72. The average Bonchev–Trinajstić information content (AvgIpc) is 2.20. The molecular formula is C10H15NOS. The first-order chi connectivity index (χ1) is 6.33. The van der Waals surface area contributed by atoms with Crippen LogP contribution in [0.5, 0.6) is 0 Å². The second-order valence-corrected chi connectivity index (χ2v) is 3.71. The first-order valence-corrected chi connectivity index (χ1v) is 5.49. The number of nitrogens with two attached hydrogens (primary N) is 1. The van der Waals surface area contributed by atoms with E-state index in [1.807, 2.05) is 24.5 Å². The van der Waals surface area contributed by atoms with Crippen LogP contribution in [0.25, 0.3) is 0 Å². The summed E-state index contributed by atoms with van der Waals surface area (Å²) >= 11 is 1.69. The second kappa shape index (κ2) is 5.27. The van der Waals surface area contributed by atoms with Gasteiger partial charge in [0.05, 0.1) is 6.61 Å². The van der Waals surface area contributed by atoms with Crippen LogP contribution in [0.1, 0.15) is 11.5 Å². The van der Waals surface area contributed by atoms with Gasteiger partial charge in [0.1, 0.15) is 0 Å². The van der Waals surface area contributed by atoms with Gasteiger partial charge in [0, 0.05) is 17.4 Å². The van der Waals surface area contributed by atoms with Gasteiger partial charge in [-0.1, -0.05) is 18.2 Å². The Kier molecular flexibility index (Phi) is 4.28. The van der Waals surface area contributed by atoms with E-state index in [0.29, 0.717) is 6.54 Å². The first kappa shape index (κ1) is 10.6. The molecule has 2 nitrogen and oxygen atoms in total. The van der Waals surface area contributed by atoms with Crippen molar-refractivity contribution in [2.75, 3.05) is 19.4 Å². The van der Waals surface area contributed by atoms with Gasteiger partial charge in [-0.3, -0.25) is 0 Å². The summed E-state index contributed by atoms with van der Waals surface area (Å²) in [4.78, 5) is 1.20. The highest BCUT2D eigenvalue weighted by Gasteiger charge is 2.11. The number of hydrogen-bond acceptors (Lipinski definition) is 3. The smallest absolute Gasteiger partial charge is 0.0512 e. The Balaban J connectivity index is 2.96. The van der Waals surface area contributed by atoms with Crippen molar-refractivity contribution in [1.29, 1.82) is 0 Å². The Morgan fingerprint density at radius 3 is 2.69 bits per heavy atom. The van der Waals surface area contributed by atoms with Gasteiger partial charge in [0.15, 0.2) is 0 Å². The lowest BCUT2D eigenvalue weighted by Crippen LogP contribution is -2.16. The SMILES string of the molecule is CSc1ccccc1C(CN)CO. The van der Waals surface area contributed by atoms with E-state index in [4.69, 9.17) is 10.8 Å². The predicted octanol–water partition coefficient (Wildman–Crippen LogP) is 1.44. The molecule has 0 amide bonds. The van der Waals surface area contributed by atoms with Crippen molar-refractivity contribution in [2.45, 2.75) is 10.8 Å². The number of aliphatic hydroxyl groups is 1. The molecule has 1 unspecified atom stereocenters. The Morgan fingerprint density at radius 1 is 1.46 bits per heavy atom. The van der Waals surface area contributed by atoms with Crippen molar-refractivity contribution >= 4 is 11.8 Å². The lowest BCUT2D eigenvalue weighted by Gasteiger charge is -2.14. The number of thioether (sulfide) groups is 1. The molecule has 0 saturated carbocycles. The van der Waals surface area contributed by atoms with Crippen LogP contribution in [-0.2, 0) is 0 Å². The van der Waals surface area contributed by atoms with Crippen LogP contribution < -0.4 is 5.73 Å². The van der Waals surface area contributed by atoms with E-state index in [1.165, 1.54) is 4.90 Å². The summed E-state index contributed by atoms with van der Waals surface area (Å²) in [5.74, 6) is 0.0728. The maximum Gasteiger partial charge on any atom is 0.0512 e. The molecule has 0 aliphatic carbocycles. The highest BCUT2D eigenvalue weighted by atomic mass is 32.2. The third kappa shape index (κ3) is 2.46. The molecule has 1 aromatic carbocycles. The topological polar surface area (TPSA) is 46.2 Å². The van der Waals surface area contributed by atoms with Gasteiger partial charge in [-0.05, 0) is 17.9 Å². The molecule has 13 heavy (non-hydrogen) atoms. The third-order valence-corrected chi connectivity index (χ3v) is 2.90. The molecule has 0 aliphatic heterocycles. The van der Waals surface area contributed by atoms with Gasteiger partial charge in [0.25, 0.3) is 0 Å².